The fourth-order valence-corrected chi connectivity index (χ4v) is 3.31. The van der Waals surface area contributed by atoms with Crippen molar-refractivity contribution in [1.29, 1.82) is 0 Å². The zero-order chi connectivity index (χ0) is 15.1. The summed E-state index contributed by atoms with van der Waals surface area (Å²) in [7, 11) is 1.75. The third-order valence-corrected chi connectivity index (χ3v) is 4.88. The number of fused-ring (bicyclic) bond motifs is 1. The molecule has 2 nitrogen and oxygen atoms in total. The number of benzene rings is 1. The molecule has 0 aromatic heterocycles. The van der Waals surface area contributed by atoms with E-state index in [1.165, 1.54) is 56.2 Å². The van der Waals surface area contributed by atoms with Crippen LogP contribution in [0.1, 0.15) is 57.1 Å². The van der Waals surface area contributed by atoms with Gasteiger partial charge in [-0.05, 0) is 61.4 Å². The molecule has 0 spiro atoms. The number of aryl methyl sites for hydroxylation is 1. The second-order valence-corrected chi connectivity index (χ2v) is 6.40. The van der Waals surface area contributed by atoms with Crippen LogP contribution in [0.15, 0.2) is 18.2 Å². The molecule has 0 bridgehead atoms. The van der Waals surface area contributed by atoms with Gasteiger partial charge in [-0.25, -0.2) is 0 Å². The van der Waals surface area contributed by atoms with Gasteiger partial charge in [-0.2, -0.15) is 0 Å². The maximum absolute atomic E-state index is 5.35. The number of hydrogen-bond acceptors (Lipinski definition) is 2. The first-order chi connectivity index (χ1) is 10.3. The SMILES string of the molecule is CCCCC(CC)CNC1CCc2ccc(OC)cc2C1. The number of methoxy groups -OCH3 is 1. The topological polar surface area (TPSA) is 21.3 Å². The normalized spacial score (nSPS) is 19.1. The average Bonchev–Trinajstić information content (AvgIpc) is 2.54. The zero-order valence-corrected chi connectivity index (χ0v) is 14.0. The molecule has 2 unspecified atom stereocenters. The molecule has 2 atom stereocenters. The first-order valence-electron chi connectivity index (χ1n) is 8.66. The molecule has 1 N–H and O–H groups in total. The van der Waals surface area contributed by atoms with Gasteiger partial charge in [-0.1, -0.05) is 39.2 Å². The Balaban J connectivity index is 1.86. The summed E-state index contributed by atoms with van der Waals surface area (Å²) in [5.74, 6) is 1.83. The Hall–Kier alpha value is -1.02. The smallest absolute Gasteiger partial charge is 0.119 e. The molecule has 2 heteroatoms. The van der Waals surface area contributed by atoms with Crippen molar-refractivity contribution >= 4 is 0 Å². The number of nitrogens with one attached hydrogen (secondary N) is 1. The van der Waals surface area contributed by atoms with Crippen LogP contribution in [-0.4, -0.2) is 19.7 Å². The summed E-state index contributed by atoms with van der Waals surface area (Å²) in [6, 6.07) is 7.18. The van der Waals surface area contributed by atoms with Crippen LogP contribution < -0.4 is 10.1 Å². The Morgan fingerprint density at radius 3 is 2.86 bits per heavy atom. The van der Waals surface area contributed by atoms with Crippen LogP contribution in [0.25, 0.3) is 0 Å². The predicted molar refractivity (Wildman–Crippen MR) is 90.1 cm³/mol. The molecule has 0 fully saturated rings. The molecule has 2 rings (SSSR count). The third-order valence-electron chi connectivity index (χ3n) is 4.88. The molecule has 0 aliphatic heterocycles. The van der Waals surface area contributed by atoms with Crippen LogP contribution in [0.5, 0.6) is 5.75 Å². The highest BCUT2D eigenvalue weighted by molar-refractivity contribution is 5.37. The van der Waals surface area contributed by atoms with Gasteiger partial charge in [-0.3, -0.25) is 0 Å². The van der Waals surface area contributed by atoms with Crippen LogP contribution in [0, 0.1) is 5.92 Å². The van der Waals surface area contributed by atoms with Gasteiger partial charge >= 0.3 is 0 Å². The Bertz CT molecular complexity index is 430. The van der Waals surface area contributed by atoms with E-state index in [4.69, 9.17) is 4.74 Å². The molecule has 1 aromatic rings. The van der Waals surface area contributed by atoms with E-state index in [1.807, 2.05) is 0 Å². The summed E-state index contributed by atoms with van der Waals surface area (Å²) >= 11 is 0. The lowest BCUT2D eigenvalue weighted by atomic mass is 9.87. The Morgan fingerprint density at radius 1 is 1.29 bits per heavy atom. The lowest BCUT2D eigenvalue weighted by molar-refractivity contribution is 0.369. The summed E-state index contributed by atoms with van der Waals surface area (Å²) in [6.45, 7) is 5.79. The monoisotopic (exact) mass is 289 g/mol. The summed E-state index contributed by atoms with van der Waals surface area (Å²) in [4.78, 5) is 0. The highest BCUT2D eigenvalue weighted by atomic mass is 16.5. The van der Waals surface area contributed by atoms with E-state index in [1.54, 1.807) is 7.11 Å². The van der Waals surface area contributed by atoms with Gasteiger partial charge in [0.05, 0.1) is 7.11 Å². The van der Waals surface area contributed by atoms with Crippen LogP contribution in [-0.2, 0) is 12.8 Å². The van der Waals surface area contributed by atoms with Crippen molar-refractivity contribution in [3.63, 3.8) is 0 Å². The van der Waals surface area contributed by atoms with Crippen molar-refractivity contribution in [2.24, 2.45) is 5.92 Å². The molecule has 0 amide bonds. The molecule has 0 radical (unpaired) electrons. The van der Waals surface area contributed by atoms with E-state index in [0.29, 0.717) is 6.04 Å². The molecule has 0 saturated heterocycles. The zero-order valence-electron chi connectivity index (χ0n) is 14.0. The van der Waals surface area contributed by atoms with Crippen molar-refractivity contribution in [3.8, 4) is 5.75 Å². The van der Waals surface area contributed by atoms with Gasteiger partial charge in [-0.15, -0.1) is 0 Å². The average molecular weight is 289 g/mol. The van der Waals surface area contributed by atoms with E-state index in [0.717, 1.165) is 18.1 Å². The van der Waals surface area contributed by atoms with E-state index in [2.05, 4.69) is 37.4 Å². The minimum Gasteiger partial charge on any atom is -0.497 e. The van der Waals surface area contributed by atoms with Gasteiger partial charge < -0.3 is 10.1 Å². The minimum atomic E-state index is 0.639. The molecule has 0 heterocycles. The number of ether oxygens (including phenoxy) is 1. The van der Waals surface area contributed by atoms with E-state index < -0.39 is 0 Å². The summed E-state index contributed by atoms with van der Waals surface area (Å²) < 4.78 is 5.35. The van der Waals surface area contributed by atoms with Gasteiger partial charge in [0.1, 0.15) is 5.75 Å². The third kappa shape index (κ3) is 4.74. The molecular formula is C19H31NO. The molecule has 1 aromatic carbocycles. The van der Waals surface area contributed by atoms with Crippen molar-refractivity contribution in [3.05, 3.63) is 29.3 Å². The second kappa shape index (κ2) is 8.43. The predicted octanol–water partition coefficient (Wildman–Crippen LogP) is 4.36. The van der Waals surface area contributed by atoms with Crippen LogP contribution in [0.2, 0.25) is 0 Å². The first-order valence-corrected chi connectivity index (χ1v) is 8.66. The molecule has 1 aliphatic carbocycles. The fraction of sp³-hybridized carbons (Fsp3) is 0.684. The molecule has 0 saturated carbocycles. The lowest BCUT2D eigenvalue weighted by Crippen LogP contribution is -2.37. The quantitative estimate of drug-likeness (QED) is 0.768. The summed E-state index contributed by atoms with van der Waals surface area (Å²) in [5.41, 5.74) is 2.98. The number of unbranched alkanes of at least 4 members (excludes halogenated alkanes) is 1. The van der Waals surface area contributed by atoms with Gasteiger partial charge in [0.2, 0.25) is 0 Å². The van der Waals surface area contributed by atoms with Crippen molar-refractivity contribution in [2.45, 2.75) is 64.8 Å². The standard InChI is InChI=1S/C19H31NO/c1-4-6-7-15(5-2)14-20-18-10-8-16-9-11-19(21-3)13-17(16)12-18/h9,11,13,15,18,20H,4-8,10,12,14H2,1-3H3. The Labute approximate surface area is 130 Å². The molecule has 21 heavy (non-hydrogen) atoms. The van der Waals surface area contributed by atoms with Gasteiger partial charge in [0.25, 0.3) is 0 Å². The van der Waals surface area contributed by atoms with Crippen LogP contribution >= 0.6 is 0 Å². The van der Waals surface area contributed by atoms with E-state index in [9.17, 15) is 0 Å². The first kappa shape index (κ1) is 16.4. The summed E-state index contributed by atoms with van der Waals surface area (Å²) in [5, 5.41) is 3.82. The minimum absolute atomic E-state index is 0.639. The van der Waals surface area contributed by atoms with Crippen LogP contribution in [0.4, 0.5) is 0 Å². The van der Waals surface area contributed by atoms with Gasteiger partial charge in [0, 0.05) is 6.04 Å². The maximum atomic E-state index is 5.35. The highest BCUT2D eigenvalue weighted by Gasteiger charge is 2.19. The van der Waals surface area contributed by atoms with Crippen molar-refractivity contribution < 1.29 is 4.74 Å². The fourth-order valence-electron chi connectivity index (χ4n) is 3.31. The van der Waals surface area contributed by atoms with Crippen LogP contribution in [0.3, 0.4) is 0 Å². The second-order valence-electron chi connectivity index (χ2n) is 6.40. The number of hydrogen-bond donors (Lipinski definition) is 1. The Morgan fingerprint density at radius 2 is 2.14 bits per heavy atom. The van der Waals surface area contributed by atoms with E-state index >= 15 is 0 Å². The van der Waals surface area contributed by atoms with Crippen molar-refractivity contribution in [2.75, 3.05) is 13.7 Å². The molecular weight excluding hydrogens is 258 g/mol. The number of rotatable bonds is 8. The van der Waals surface area contributed by atoms with E-state index in [-0.39, 0.29) is 0 Å². The lowest BCUT2D eigenvalue weighted by Gasteiger charge is -2.27. The summed E-state index contributed by atoms with van der Waals surface area (Å²) in [6.07, 6.45) is 8.96. The largest absolute Gasteiger partial charge is 0.497 e. The molecule has 118 valence electrons. The van der Waals surface area contributed by atoms with Crippen molar-refractivity contribution in [1.82, 2.24) is 5.32 Å². The Kier molecular flexibility index (Phi) is 6.56. The van der Waals surface area contributed by atoms with Gasteiger partial charge in [0.15, 0.2) is 0 Å². The highest BCUT2D eigenvalue weighted by Crippen LogP contribution is 2.25. The maximum Gasteiger partial charge on any atom is 0.119 e. The molecule has 1 aliphatic rings.